The normalized spacial score (nSPS) is 20.3. The van der Waals surface area contributed by atoms with Gasteiger partial charge in [0.05, 0.1) is 12.6 Å². The highest BCUT2D eigenvalue weighted by atomic mass is 19.4. The highest BCUT2D eigenvalue weighted by Gasteiger charge is 2.31. The van der Waals surface area contributed by atoms with Crippen molar-refractivity contribution in [3.63, 3.8) is 0 Å². The van der Waals surface area contributed by atoms with E-state index < -0.39 is 6.36 Å². The predicted octanol–water partition coefficient (Wildman–Crippen LogP) is 2.79. The van der Waals surface area contributed by atoms with Gasteiger partial charge in [-0.3, -0.25) is 0 Å². The Kier molecular flexibility index (Phi) is 3.42. The maximum atomic E-state index is 12.0. The van der Waals surface area contributed by atoms with Crippen molar-refractivity contribution < 1.29 is 22.6 Å². The van der Waals surface area contributed by atoms with Crippen molar-refractivity contribution in [3.8, 4) is 5.75 Å². The van der Waals surface area contributed by atoms with Crippen LogP contribution in [0.15, 0.2) is 24.3 Å². The summed E-state index contributed by atoms with van der Waals surface area (Å²) in [5.74, 6) is -0.221. The monoisotopic (exact) mass is 247 g/mol. The molecule has 6 heteroatoms. The number of anilines is 1. The van der Waals surface area contributed by atoms with Crippen molar-refractivity contribution in [2.45, 2.75) is 18.8 Å². The molecule has 94 valence electrons. The summed E-state index contributed by atoms with van der Waals surface area (Å²) in [7, 11) is 0. The minimum absolute atomic E-state index is 0.149. The van der Waals surface area contributed by atoms with Crippen molar-refractivity contribution in [2.24, 2.45) is 0 Å². The molecule has 0 radical (unpaired) electrons. The lowest BCUT2D eigenvalue weighted by Crippen LogP contribution is -2.19. The van der Waals surface area contributed by atoms with E-state index in [1.54, 1.807) is 6.07 Å². The lowest BCUT2D eigenvalue weighted by Gasteiger charge is -2.14. The van der Waals surface area contributed by atoms with Crippen LogP contribution in [0.1, 0.15) is 6.42 Å². The molecule has 1 unspecified atom stereocenters. The van der Waals surface area contributed by atoms with E-state index in [2.05, 4.69) is 10.1 Å². The summed E-state index contributed by atoms with van der Waals surface area (Å²) in [6.45, 7) is 1.25. The molecular weight excluding hydrogens is 235 g/mol. The molecule has 0 bridgehead atoms. The standard InChI is InChI=1S/C11H12F3NO2/c12-11(13,14)17-10-3-1-2-8(6-10)15-9-4-5-16-7-9/h1-3,6,9,15H,4-5,7H2. The van der Waals surface area contributed by atoms with Crippen molar-refractivity contribution in [1.29, 1.82) is 0 Å². The van der Waals surface area contributed by atoms with E-state index in [1.807, 2.05) is 0 Å². The maximum Gasteiger partial charge on any atom is 0.573 e. The number of alkyl halides is 3. The van der Waals surface area contributed by atoms with Crippen LogP contribution >= 0.6 is 0 Å². The molecule has 2 rings (SSSR count). The summed E-state index contributed by atoms with van der Waals surface area (Å²) in [4.78, 5) is 0. The van der Waals surface area contributed by atoms with E-state index >= 15 is 0 Å². The average Bonchev–Trinajstić information content (AvgIpc) is 2.68. The van der Waals surface area contributed by atoms with Crippen LogP contribution in [0.3, 0.4) is 0 Å². The number of hydrogen-bond donors (Lipinski definition) is 1. The maximum absolute atomic E-state index is 12.0. The predicted molar refractivity (Wildman–Crippen MR) is 56.0 cm³/mol. The first kappa shape index (κ1) is 12.0. The highest BCUT2D eigenvalue weighted by molar-refractivity contribution is 5.49. The van der Waals surface area contributed by atoms with Crippen molar-refractivity contribution in [1.82, 2.24) is 0 Å². The first-order valence-electron chi connectivity index (χ1n) is 5.23. The number of benzene rings is 1. The molecule has 0 aliphatic carbocycles. The van der Waals surface area contributed by atoms with Gasteiger partial charge in [-0.25, -0.2) is 0 Å². The molecule has 1 aromatic carbocycles. The van der Waals surface area contributed by atoms with Crippen LogP contribution in [0.25, 0.3) is 0 Å². The van der Waals surface area contributed by atoms with Crippen molar-refractivity contribution in [2.75, 3.05) is 18.5 Å². The van der Waals surface area contributed by atoms with E-state index in [0.29, 0.717) is 18.9 Å². The molecule has 1 aliphatic rings. The lowest BCUT2D eigenvalue weighted by atomic mass is 10.2. The molecule has 1 N–H and O–H groups in total. The first-order valence-corrected chi connectivity index (χ1v) is 5.23. The van der Waals surface area contributed by atoms with E-state index in [-0.39, 0.29) is 11.8 Å². The molecular formula is C11H12F3NO2. The number of rotatable bonds is 3. The largest absolute Gasteiger partial charge is 0.573 e. The van der Waals surface area contributed by atoms with Gasteiger partial charge in [0.25, 0.3) is 0 Å². The van der Waals surface area contributed by atoms with E-state index in [4.69, 9.17) is 4.74 Å². The summed E-state index contributed by atoms with van der Waals surface area (Å²) >= 11 is 0. The van der Waals surface area contributed by atoms with Crippen LogP contribution in [0.4, 0.5) is 18.9 Å². The number of nitrogens with one attached hydrogen (secondary N) is 1. The highest BCUT2D eigenvalue weighted by Crippen LogP contribution is 2.25. The second kappa shape index (κ2) is 4.83. The van der Waals surface area contributed by atoms with Crippen LogP contribution in [0, 0.1) is 0 Å². The van der Waals surface area contributed by atoms with Gasteiger partial charge in [0.1, 0.15) is 5.75 Å². The minimum Gasteiger partial charge on any atom is -0.406 e. The Balaban J connectivity index is 2.00. The van der Waals surface area contributed by atoms with Gasteiger partial charge in [0.2, 0.25) is 0 Å². The SMILES string of the molecule is FC(F)(F)Oc1cccc(NC2CCOC2)c1. The molecule has 0 spiro atoms. The number of hydrogen-bond acceptors (Lipinski definition) is 3. The summed E-state index contributed by atoms with van der Waals surface area (Å²) in [5, 5.41) is 3.09. The molecule has 1 heterocycles. The van der Waals surface area contributed by atoms with Crippen LogP contribution in [-0.4, -0.2) is 25.6 Å². The molecule has 1 saturated heterocycles. The molecule has 1 atom stereocenters. The van der Waals surface area contributed by atoms with Crippen LogP contribution in [0.5, 0.6) is 5.75 Å². The van der Waals surface area contributed by atoms with Gasteiger partial charge < -0.3 is 14.8 Å². The van der Waals surface area contributed by atoms with Gasteiger partial charge in [-0.05, 0) is 18.6 Å². The van der Waals surface area contributed by atoms with E-state index in [9.17, 15) is 13.2 Å². The Morgan fingerprint density at radius 2 is 2.18 bits per heavy atom. The third-order valence-corrected chi connectivity index (χ3v) is 2.37. The molecule has 1 aromatic rings. The van der Waals surface area contributed by atoms with Crippen LogP contribution in [0.2, 0.25) is 0 Å². The second-order valence-electron chi connectivity index (χ2n) is 3.78. The van der Waals surface area contributed by atoms with Crippen LogP contribution < -0.4 is 10.1 Å². The Labute approximate surface area is 96.5 Å². The molecule has 3 nitrogen and oxygen atoms in total. The Morgan fingerprint density at radius 1 is 1.35 bits per heavy atom. The molecule has 17 heavy (non-hydrogen) atoms. The van der Waals surface area contributed by atoms with Gasteiger partial charge in [-0.15, -0.1) is 13.2 Å². The van der Waals surface area contributed by atoms with Gasteiger partial charge in [0.15, 0.2) is 0 Å². The van der Waals surface area contributed by atoms with Crippen molar-refractivity contribution in [3.05, 3.63) is 24.3 Å². The van der Waals surface area contributed by atoms with Gasteiger partial charge >= 0.3 is 6.36 Å². The smallest absolute Gasteiger partial charge is 0.406 e. The lowest BCUT2D eigenvalue weighted by molar-refractivity contribution is -0.274. The molecule has 1 aliphatic heterocycles. The van der Waals surface area contributed by atoms with Crippen molar-refractivity contribution >= 4 is 5.69 Å². The summed E-state index contributed by atoms with van der Waals surface area (Å²) in [6.07, 6.45) is -3.81. The topological polar surface area (TPSA) is 30.5 Å². The van der Waals surface area contributed by atoms with Crippen LogP contribution in [-0.2, 0) is 4.74 Å². The third kappa shape index (κ3) is 3.81. The summed E-state index contributed by atoms with van der Waals surface area (Å²) < 4.78 is 45.0. The van der Waals surface area contributed by atoms with E-state index in [0.717, 1.165) is 6.42 Å². The zero-order valence-electron chi connectivity index (χ0n) is 8.96. The second-order valence-corrected chi connectivity index (χ2v) is 3.78. The number of halogens is 3. The third-order valence-electron chi connectivity index (χ3n) is 2.37. The molecule has 1 fully saturated rings. The molecule has 0 amide bonds. The zero-order valence-corrected chi connectivity index (χ0v) is 8.96. The fourth-order valence-corrected chi connectivity index (χ4v) is 1.67. The zero-order chi connectivity index (χ0) is 12.3. The Bertz CT molecular complexity index is 375. The van der Waals surface area contributed by atoms with Gasteiger partial charge in [-0.1, -0.05) is 6.07 Å². The summed E-state index contributed by atoms with van der Waals surface area (Å²) in [6, 6.07) is 5.95. The Morgan fingerprint density at radius 3 is 2.82 bits per heavy atom. The molecule has 0 aromatic heterocycles. The number of ether oxygens (including phenoxy) is 2. The van der Waals surface area contributed by atoms with Gasteiger partial charge in [0, 0.05) is 18.4 Å². The average molecular weight is 247 g/mol. The first-order chi connectivity index (χ1) is 8.03. The summed E-state index contributed by atoms with van der Waals surface area (Å²) in [5.41, 5.74) is 0.599. The minimum atomic E-state index is -4.66. The fraction of sp³-hybridized carbons (Fsp3) is 0.455. The van der Waals surface area contributed by atoms with E-state index in [1.165, 1.54) is 18.2 Å². The fourth-order valence-electron chi connectivity index (χ4n) is 1.67. The Hall–Kier alpha value is -1.43. The van der Waals surface area contributed by atoms with Gasteiger partial charge in [-0.2, -0.15) is 0 Å². The quantitative estimate of drug-likeness (QED) is 0.890. The molecule has 0 saturated carbocycles.